The Hall–Kier alpha value is -1.56. The standard InChI is InChI=1S/C17H18/c1-13-11-12-14-7-5-6-10-16(14)17(13)15-8-3-2-4-9-15/h2-10,13,17H,11-12H2,1H3/t13-,17-/m1/s1. The molecule has 0 unspecified atom stereocenters. The van der Waals surface area contributed by atoms with Crippen molar-refractivity contribution in [3.63, 3.8) is 0 Å². The lowest BCUT2D eigenvalue weighted by Crippen LogP contribution is -2.19. The van der Waals surface area contributed by atoms with Crippen LogP contribution >= 0.6 is 0 Å². The molecule has 2 aromatic carbocycles. The fraction of sp³-hybridized carbons (Fsp3) is 0.294. The summed E-state index contributed by atoms with van der Waals surface area (Å²) >= 11 is 0. The Kier molecular flexibility index (Phi) is 2.72. The van der Waals surface area contributed by atoms with Crippen LogP contribution in [0.4, 0.5) is 0 Å². The van der Waals surface area contributed by atoms with Crippen LogP contribution in [0.5, 0.6) is 0 Å². The monoisotopic (exact) mass is 222 g/mol. The Balaban J connectivity index is 2.10. The van der Waals surface area contributed by atoms with E-state index >= 15 is 0 Å². The molecule has 0 spiro atoms. The van der Waals surface area contributed by atoms with E-state index in [2.05, 4.69) is 61.5 Å². The molecule has 0 bridgehead atoms. The summed E-state index contributed by atoms with van der Waals surface area (Å²) in [6, 6.07) is 19.9. The lowest BCUT2D eigenvalue weighted by molar-refractivity contribution is 0.446. The van der Waals surface area contributed by atoms with Gasteiger partial charge in [0.1, 0.15) is 0 Å². The zero-order valence-electron chi connectivity index (χ0n) is 10.3. The van der Waals surface area contributed by atoms with E-state index in [4.69, 9.17) is 0 Å². The summed E-state index contributed by atoms with van der Waals surface area (Å²) in [6.07, 6.45) is 2.54. The highest BCUT2D eigenvalue weighted by Crippen LogP contribution is 2.40. The molecule has 0 saturated carbocycles. The van der Waals surface area contributed by atoms with Crippen molar-refractivity contribution in [1.29, 1.82) is 0 Å². The fourth-order valence-corrected chi connectivity index (χ4v) is 3.09. The van der Waals surface area contributed by atoms with Crippen LogP contribution in [0.3, 0.4) is 0 Å². The fourth-order valence-electron chi connectivity index (χ4n) is 3.09. The van der Waals surface area contributed by atoms with Crippen molar-refractivity contribution in [2.24, 2.45) is 5.92 Å². The smallest absolute Gasteiger partial charge is 0.0118 e. The summed E-state index contributed by atoms with van der Waals surface area (Å²) in [5, 5.41) is 0. The molecule has 1 aliphatic carbocycles. The summed E-state index contributed by atoms with van der Waals surface area (Å²) < 4.78 is 0. The van der Waals surface area contributed by atoms with Crippen LogP contribution in [0.2, 0.25) is 0 Å². The highest BCUT2D eigenvalue weighted by Gasteiger charge is 2.27. The van der Waals surface area contributed by atoms with Gasteiger partial charge in [0.25, 0.3) is 0 Å². The molecule has 1 aliphatic rings. The van der Waals surface area contributed by atoms with Gasteiger partial charge in [0.2, 0.25) is 0 Å². The average Bonchev–Trinajstić information content (AvgIpc) is 2.39. The number of aryl methyl sites for hydroxylation is 1. The molecule has 0 N–H and O–H groups in total. The maximum absolute atomic E-state index is 2.38. The van der Waals surface area contributed by atoms with Gasteiger partial charge in [0.05, 0.1) is 0 Å². The van der Waals surface area contributed by atoms with Crippen molar-refractivity contribution in [3.8, 4) is 0 Å². The molecule has 0 heteroatoms. The van der Waals surface area contributed by atoms with Crippen LogP contribution in [-0.2, 0) is 6.42 Å². The second-order valence-electron chi connectivity index (χ2n) is 5.10. The molecule has 86 valence electrons. The van der Waals surface area contributed by atoms with E-state index in [9.17, 15) is 0 Å². The van der Waals surface area contributed by atoms with Gasteiger partial charge in [0.15, 0.2) is 0 Å². The number of rotatable bonds is 1. The van der Waals surface area contributed by atoms with E-state index < -0.39 is 0 Å². The van der Waals surface area contributed by atoms with Gasteiger partial charge in [-0.2, -0.15) is 0 Å². The van der Waals surface area contributed by atoms with E-state index in [0.717, 1.165) is 5.92 Å². The van der Waals surface area contributed by atoms with Gasteiger partial charge < -0.3 is 0 Å². The third-order valence-corrected chi connectivity index (χ3v) is 3.99. The number of benzene rings is 2. The molecule has 0 fully saturated rings. The van der Waals surface area contributed by atoms with Gasteiger partial charge in [-0.05, 0) is 35.4 Å². The Morgan fingerprint density at radius 1 is 0.882 bits per heavy atom. The first-order valence-electron chi connectivity index (χ1n) is 6.49. The van der Waals surface area contributed by atoms with Crippen LogP contribution in [-0.4, -0.2) is 0 Å². The Labute approximate surface area is 103 Å². The molecule has 17 heavy (non-hydrogen) atoms. The van der Waals surface area contributed by atoms with E-state index in [1.807, 2.05) is 0 Å². The molecule has 0 saturated heterocycles. The molecule has 0 amide bonds. The molecule has 0 radical (unpaired) electrons. The molecular formula is C17H18. The third-order valence-electron chi connectivity index (χ3n) is 3.99. The first kappa shape index (κ1) is 10.6. The summed E-state index contributed by atoms with van der Waals surface area (Å²) in [4.78, 5) is 0. The van der Waals surface area contributed by atoms with Gasteiger partial charge in [0, 0.05) is 5.92 Å². The van der Waals surface area contributed by atoms with E-state index in [1.165, 1.54) is 24.0 Å². The lowest BCUT2D eigenvalue weighted by atomic mass is 9.73. The van der Waals surface area contributed by atoms with Crippen molar-refractivity contribution in [3.05, 3.63) is 71.3 Å². The molecule has 0 nitrogen and oxygen atoms in total. The van der Waals surface area contributed by atoms with Crippen molar-refractivity contribution in [2.75, 3.05) is 0 Å². The number of hydrogen-bond acceptors (Lipinski definition) is 0. The topological polar surface area (TPSA) is 0 Å². The van der Waals surface area contributed by atoms with Crippen molar-refractivity contribution in [1.82, 2.24) is 0 Å². The number of hydrogen-bond donors (Lipinski definition) is 0. The van der Waals surface area contributed by atoms with E-state index in [0.29, 0.717) is 5.92 Å². The van der Waals surface area contributed by atoms with Crippen molar-refractivity contribution < 1.29 is 0 Å². The summed E-state index contributed by atoms with van der Waals surface area (Å²) in [5.41, 5.74) is 4.55. The first-order chi connectivity index (χ1) is 8.36. The maximum Gasteiger partial charge on any atom is 0.0118 e. The van der Waals surface area contributed by atoms with Gasteiger partial charge in [-0.15, -0.1) is 0 Å². The highest BCUT2D eigenvalue weighted by molar-refractivity contribution is 5.40. The maximum atomic E-state index is 2.38. The van der Waals surface area contributed by atoms with Crippen LogP contribution < -0.4 is 0 Å². The first-order valence-corrected chi connectivity index (χ1v) is 6.49. The van der Waals surface area contributed by atoms with Crippen LogP contribution in [0, 0.1) is 5.92 Å². The summed E-state index contributed by atoms with van der Waals surface area (Å²) in [7, 11) is 0. The third kappa shape index (κ3) is 1.88. The predicted molar refractivity (Wildman–Crippen MR) is 72.2 cm³/mol. The van der Waals surface area contributed by atoms with Crippen LogP contribution in [0.25, 0.3) is 0 Å². The molecule has 2 aromatic rings. The molecule has 0 aromatic heterocycles. The van der Waals surface area contributed by atoms with Gasteiger partial charge in [-0.3, -0.25) is 0 Å². The molecule has 3 rings (SSSR count). The van der Waals surface area contributed by atoms with E-state index in [1.54, 1.807) is 5.56 Å². The van der Waals surface area contributed by atoms with Gasteiger partial charge in [-0.25, -0.2) is 0 Å². The van der Waals surface area contributed by atoms with Crippen LogP contribution in [0.15, 0.2) is 54.6 Å². The normalized spacial score (nSPS) is 23.1. The minimum Gasteiger partial charge on any atom is -0.0622 e. The molecule has 2 atom stereocenters. The molecule has 0 heterocycles. The lowest BCUT2D eigenvalue weighted by Gasteiger charge is -2.31. The molecule has 0 aliphatic heterocycles. The second-order valence-corrected chi connectivity index (χ2v) is 5.10. The Morgan fingerprint density at radius 2 is 1.59 bits per heavy atom. The Bertz CT molecular complexity index is 498. The minimum absolute atomic E-state index is 0.584. The number of fused-ring (bicyclic) bond motifs is 1. The second kappa shape index (κ2) is 4.37. The summed E-state index contributed by atoms with van der Waals surface area (Å²) in [5.74, 6) is 1.33. The minimum atomic E-state index is 0.584. The van der Waals surface area contributed by atoms with E-state index in [-0.39, 0.29) is 0 Å². The quantitative estimate of drug-likeness (QED) is 0.671. The average molecular weight is 222 g/mol. The molecular weight excluding hydrogens is 204 g/mol. The van der Waals surface area contributed by atoms with Crippen molar-refractivity contribution >= 4 is 0 Å². The van der Waals surface area contributed by atoms with Crippen LogP contribution in [0.1, 0.15) is 36.0 Å². The zero-order chi connectivity index (χ0) is 11.7. The van der Waals surface area contributed by atoms with Gasteiger partial charge >= 0.3 is 0 Å². The highest BCUT2D eigenvalue weighted by atomic mass is 14.3. The van der Waals surface area contributed by atoms with Gasteiger partial charge in [-0.1, -0.05) is 61.5 Å². The SMILES string of the molecule is C[C@@H]1CCc2ccccc2[C@H]1c1ccccc1. The van der Waals surface area contributed by atoms with Crippen molar-refractivity contribution in [2.45, 2.75) is 25.7 Å². The predicted octanol–water partition coefficient (Wildman–Crippen LogP) is 4.40. The Morgan fingerprint density at radius 3 is 2.41 bits per heavy atom. The zero-order valence-corrected chi connectivity index (χ0v) is 10.3. The largest absolute Gasteiger partial charge is 0.0622 e. The summed E-state index contributed by atoms with van der Waals surface area (Å²) in [6.45, 7) is 2.38.